The number of nitrogens with zero attached hydrogens (tertiary/aromatic N) is 3. The van der Waals surface area contributed by atoms with Gasteiger partial charge in [-0.2, -0.15) is 0 Å². The molecule has 1 fully saturated rings. The molecule has 2 aliphatic rings. The van der Waals surface area contributed by atoms with Crippen molar-refractivity contribution in [2.45, 2.75) is 30.6 Å². The first-order chi connectivity index (χ1) is 9.16. The highest BCUT2D eigenvalue weighted by Crippen LogP contribution is 2.21. The molecule has 1 atom stereocenters. The predicted octanol–water partition coefficient (Wildman–Crippen LogP) is -0.0541. The molecular formula is C12H15N3O3S. The van der Waals surface area contributed by atoms with Gasteiger partial charge in [0.25, 0.3) is 11.5 Å². The fraction of sp³-hybridized carbons (Fsp3) is 0.583. The first-order valence-electron chi connectivity index (χ1n) is 6.37. The van der Waals surface area contributed by atoms with Gasteiger partial charge in [-0.15, -0.1) is 0 Å². The summed E-state index contributed by atoms with van der Waals surface area (Å²) in [5, 5.41) is 10.3. The lowest BCUT2D eigenvalue weighted by atomic mass is 10.1. The van der Waals surface area contributed by atoms with Crippen molar-refractivity contribution in [3.63, 3.8) is 0 Å². The molecule has 0 spiro atoms. The van der Waals surface area contributed by atoms with Crippen LogP contribution in [0.25, 0.3) is 0 Å². The highest BCUT2D eigenvalue weighted by molar-refractivity contribution is 7.99. The average molecular weight is 281 g/mol. The van der Waals surface area contributed by atoms with Crippen LogP contribution in [0.15, 0.2) is 16.1 Å². The smallest absolute Gasteiger partial charge is 0.267 e. The molecule has 1 aromatic rings. The molecule has 1 amide bonds. The zero-order chi connectivity index (χ0) is 13.4. The van der Waals surface area contributed by atoms with Crippen LogP contribution >= 0.6 is 11.8 Å². The monoisotopic (exact) mass is 281 g/mol. The summed E-state index contributed by atoms with van der Waals surface area (Å²) in [6, 6.07) is 0. The molecule has 0 bridgehead atoms. The Morgan fingerprint density at radius 3 is 3.11 bits per heavy atom. The number of thioether (sulfide) groups is 1. The van der Waals surface area contributed by atoms with Crippen LogP contribution in [0.2, 0.25) is 0 Å². The second-order valence-corrected chi connectivity index (χ2v) is 5.87. The van der Waals surface area contributed by atoms with E-state index < -0.39 is 6.10 Å². The number of hydrogen-bond acceptors (Lipinski definition) is 5. The maximum atomic E-state index is 12.3. The number of hydrogen-bond donors (Lipinski definition) is 1. The van der Waals surface area contributed by atoms with E-state index in [-0.39, 0.29) is 17.0 Å². The topological polar surface area (TPSA) is 75.4 Å². The molecule has 19 heavy (non-hydrogen) atoms. The molecule has 0 radical (unpaired) electrons. The van der Waals surface area contributed by atoms with Crippen LogP contribution in [0, 0.1) is 0 Å². The van der Waals surface area contributed by atoms with Crippen molar-refractivity contribution in [1.82, 2.24) is 14.5 Å². The first-order valence-corrected chi connectivity index (χ1v) is 7.35. The molecule has 0 aliphatic carbocycles. The van der Waals surface area contributed by atoms with Crippen molar-refractivity contribution in [1.29, 1.82) is 0 Å². The summed E-state index contributed by atoms with van der Waals surface area (Å²) in [6.45, 7) is 1.50. The number of aliphatic hydroxyl groups excluding tert-OH is 1. The number of aliphatic hydroxyl groups is 1. The number of rotatable bonds is 1. The number of fused-ring (bicyclic) bond motifs is 1. The minimum absolute atomic E-state index is 0.111. The number of amides is 1. The maximum absolute atomic E-state index is 12.3. The Morgan fingerprint density at radius 2 is 2.32 bits per heavy atom. The Morgan fingerprint density at radius 1 is 1.47 bits per heavy atom. The van der Waals surface area contributed by atoms with Gasteiger partial charge >= 0.3 is 0 Å². The van der Waals surface area contributed by atoms with E-state index in [1.165, 1.54) is 18.0 Å². The second-order valence-electron chi connectivity index (χ2n) is 4.81. The molecule has 0 saturated carbocycles. The fourth-order valence-corrected chi connectivity index (χ4v) is 3.39. The number of carbonyl (C=O) groups is 1. The van der Waals surface area contributed by atoms with Crippen LogP contribution < -0.4 is 5.56 Å². The number of carbonyl (C=O) groups excluding carboxylic acids is 1. The van der Waals surface area contributed by atoms with Crippen LogP contribution in [0.3, 0.4) is 0 Å². The minimum Gasteiger partial charge on any atom is -0.391 e. The van der Waals surface area contributed by atoms with Gasteiger partial charge in [0.05, 0.1) is 6.10 Å². The highest BCUT2D eigenvalue weighted by atomic mass is 32.2. The molecule has 0 aromatic carbocycles. The third kappa shape index (κ3) is 2.28. The predicted molar refractivity (Wildman–Crippen MR) is 70.4 cm³/mol. The fourth-order valence-electron chi connectivity index (χ4n) is 2.47. The van der Waals surface area contributed by atoms with Gasteiger partial charge in [0.1, 0.15) is 5.56 Å². The van der Waals surface area contributed by atoms with Gasteiger partial charge < -0.3 is 10.0 Å². The lowest BCUT2D eigenvalue weighted by molar-refractivity contribution is 0.0471. The summed E-state index contributed by atoms with van der Waals surface area (Å²) in [5.41, 5.74) is -0.152. The van der Waals surface area contributed by atoms with Gasteiger partial charge in [0, 0.05) is 31.6 Å². The molecule has 6 nitrogen and oxygen atoms in total. The lowest BCUT2D eigenvalue weighted by Crippen LogP contribution is -2.44. The van der Waals surface area contributed by atoms with Crippen molar-refractivity contribution in [2.24, 2.45) is 0 Å². The van der Waals surface area contributed by atoms with E-state index in [0.717, 1.165) is 12.2 Å². The van der Waals surface area contributed by atoms with Gasteiger partial charge in [0.2, 0.25) is 0 Å². The number of β-amino-alcohol motifs (C(OH)–C–C–N with tert-alkyl or cyclic N) is 1. The van der Waals surface area contributed by atoms with Crippen molar-refractivity contribution in [3.05, 3.63) is 22.1 Å². The summed E-state index contributed by atoms with van der Waals surface area (Å²) in [4.78, 5) is 30.3. The molecule has 1 aromatic heterocycles. The highest BCUT2D eigenvalue weighted by Gasteiger charge is 2.27. The zero-order valence-corrected chi connectivity index (χ0v) is 11.2. The third-order valence-corrected chi connectivity index (χ3v) is 4.44. The van der Waals surface area contributed by atoms with Crippen molar-refractivity contribution in [3.8, 4) is 0 Å². The van der Waals surface area contributed by atoms with E-state index in [4.69, 9.17) is 0 Å². The van der Waals surface area contributed by atoms with E-state index in [1.807, 2.05) is 0 Å². The Bertz CT molecular complexity index is 572. The zero-order valence-electron chi connectivity index (χ0n) is 10.4. The second kappa shape index (κ2) is 4.97. The van der Waals surface area contributed by atoms with Crippen molar-refractivity contribution >= 4 is 17.7 Å². The van der Waals surface area contributed by atoms with E-state index >= 15 is 0 Å². The van der Waals surface area contributed by atoms with Crippen molar-refractivity contribution in [2.75, 3.05) is 18.8 Å². The van der Waals surface area contributed by atoms with E-state index in [9.17, 15) is 14.7 Å². The SMILES string of the molecule is O=C(c1cnc2n(c1=O)CCS2)N1CCCC(O)C1. The van der Waals surface area contributed by atoms with Gasteiger partial charge in [-0.1, -0.05) is 11.8 Å². The van der Waals surface area contributed by atoms with Gasteiger partial charge in [-0.25, -0.2) is 4.98 Å². The molecule has 1 unspecified atom stereocenters. The molecule has 102 valence electrons. The Hall–Kier alpha value is -1.34. The van der Waals surface area contributed by atoms with Crippen LogP contribution in [-0.2, 0) is 6.54 Å². The number of likely N-dealkylation sites (tertiary alicyclic amines) is 1. The molecule has 1 N–H and O–H groups in total. The standard InChI is InChI=1S/C12H15N3O3S/c16-8-2-1-3-14(7-8)10(17)9-6-13-12-15(11(9)18)4-5-19-12/h6,8,16H,1-5,7H2. The summed E-state index contributed by atoms with van der Waals surface area (Å²) in [7, 11) is 0. The minimum atomic E-state index is -0.488. The number of aromatic nitrogens is 2. The first kappa shape index (κ1) is 12.7. The molecule has 1 saturated heterocycles. The van der Waals surface area contributed by atoms with Crippen LogP contribution in [-0.4, -0.2) is 50.4 Å². The van der Waals surface area contributed by atoms with Crippen LogP contribution in [0.1, 0.15) is 23.2 Å². The quantitative estimate of drug-likeness (QED) is 0.730. The van der Waals surface area contributed by atoms with Crippen LogP contribution in [0.4, 0.5) is 0 Å². The van der Waals surface area contributed by atoms with Gasteiger partial charge in [-0.3, -0.25) is 14.2 Å². The third-order valence-electron chi connectivity index (χ3n) is 3.47. The van der Waals surface area contributed by atoms with Crippen molar-refractivity contribution < 1.29 is 9.90 Å². The Labute approximate surface area is 114 Å². The lowest BCUT2D eigenvalue weighted by Gasteiger charge is -2.29. The molecule has 3 rings (SSSR count). The summed E-state index contributed by atoms with van der Waals surface area (Å²) in [5.74, 6) is 0.505. The average Bonchev–Trinajstić information content (AvgIpc) is 2.88. The molecule has 2 aliphatic heterocycles. The normalized spacial score (nSPS) is 22.4. The molecule has 3 heterocycles. The maximum Gasteiger partial charge on any atom is 0.267 e. The van der Waals surface area contributed by atoms with Gasteiger partial charge in [-0.05, 0) is 12.8 Å². The largest absolute Gasteiger partial charge is 0.391 e. The van der Waals surface area contributed by atoms with E-state index in [1.54, 1.807) is 9.47 Å². The van der Waals surface area contributed by atoms with Crippen LogP contribution in [0.5, 0.6) is 0 Å². The molecular weight excluding hydrogens is 266 g/mol. The Balaban J connectivity index is 1.90. The molecule has 7 heteroatoms. The summed E-state index contributed by atoms with van der Waals surface area (Å²) in [6.07, 6.45) is 2.36. The summed E-state index contributed by atoms with van der Waals surface area (Å²) >= 11 is 1.53. The Kier molecular flexibility index (Phi) is 3.32. The van der Waals surface area contributed by atoms with E-state index in [0.29, 0.717) is 31.2 Å². The van der Waals surface area contributed by atoms with Gasteiger partial charge in [0.15, 0.2) is 5.16 Å². The summed E-state index contributed by atoms with van der Waals surface area (Å²) < 4.78 is 1.55. The van der Waals surface area contributed by atoms with E-state index in [2.05, 4.69) is 4.98 Å². The number of piperidine rings is 1.